The molecule has 2 atom stereocenters. The highest BCUT2D eigenvalue weighted by Crippen LogP contribution is 2.13. The van der Waals surface area contributed by atoms with E-state index in [1.165, 1.54) is 24.3 Å². The highest BCUT2D eigenvalue weighted by Gasteiger charge is 2.26. The number of carbonyl (C=O) groups is 2. The van der Waals surface area contributed by atoms with Crippen LogP contribution in [0.1, 0.15) is 31.1 Å². The number of nitrogens with one attached hydrogen (secondary N) is 1. The Morgan fingerprint density at radius 1 is 1.19 bits per heavy atom. The molecule has 0 unspecified atom stereocenters. The van der Waals surface area contributed by atoms with E-state index in [1.807, 2.05) is 13.8 Å². The van der Waals surface area contributed by atoms with Crippen molar-refractivity contribution in [1.82, 2.24) is 9.62 Å². The summed E-state index contributed by atoms with van der Waals surface area (Å²) in [5, 5.41) is 0. The second-order valence-electron chi connectivity index (χ2n) is 6.16. The molecule has 2 rings (SSSR count). The molecule has 1 heterocycles. The van der Waals surface area contributed by atoms with E-state index in [0.29, 0.717) is 13.1 Å². The first-order valence-corrected chi connectivity index (χ1v) is 9.91. The standard InChI is InChI=1S/C17H24N2O6S/c1-4-18-26(22,23)15-7-5-14(6-8-15)17(21)24-11-16(20)19-9-12(2)25-13(3)10-19/h5-8,12-13,18H,4,9-11H2,1-3H3/t12-,13-/m0/s1. The lowest BCUT2D eigenvalue weighted by Gasteiger charge is -2.35. The number of nitrogens with zero attached hydrogens (tertiary/aromatic N) is 1. The first-order chi connectivity index (χ1) is 12.2. The Balaban J connectivity index is 1.92. The molecule has 1 aliphatic rings. The summed E-state index contributed by atoms with van der Waals surface area (Å²) in [4.78, 5) is 25.9. The van der Waals surface area contributed by atoms with Crippen molar-refractivity contribution in [2.24, 2.45) is 0 Å². The quantitative estimate of drug-likeness (QED) is 0.727. The van der Waals surface area contributed by atoms with Crippen LogP contribution in [0.2, 0.25) is 0 Å². The summed E-state index contributed by atoms with van der Waals surface area (Å²) >= 11 is 0. The van der Waals surface area contributed by atoms with E-state index in [-0.39, 0.29) is 41.7 Å². The molecule has 0 aromatic heterocycles. The number of hydrogen-bond acceptors (Lipinski definition) is 6. The van der Waals surface area contributed by atoms with Crippen molar-refractivity contribution in [1.29, 1.82) is 0 Å². The summed E-state index contributed by atoms with van der Waals surface area (Å²) in [5.74, 6) is -0.966. The topological polar surface area (TPSA) is 102 Å². The summed E-state index contributed by atoms with van der Waals surface area (Å²) in [6.45, 7) is 6.25. The van der Waals surface area contributed by atoms with Crippen molar-refractivity contribution in [3.63, 3.8) is 0 Å². The van der Waals surface area contributed by atoms with Crippen LogP contribution in [0, 0.1) is 0 Å². The largest absolute Gasteiger partial charge is 0.452 e. The van der Waals surface area contributed by atoms with E-state index >= 15 is 0 Å². The summed E-state index contributed by atoms with van der Waals surface area (Å²) in [5.41, 5.74) is 0.178. The molecule has 8 nitrogen and oxygen atoms in total. The Morgan fingerprint density at radius 3 is 2.31 bits per heavy atom. The number of sulfonamides is 1. The fraction of sp³-hybridized carbons (Fsp3) is 0.529. The van der Waals surface area contributed by atoms with Gasteiger partial charge in [-0.05, 0) is 38.1 Å². The summed E-state index contributed by atoms with van der Waals surface area (Å²) in [7, 11) is -3.58. The van der Waals surface area contributed by atoms with Crippen LogP contribution in [-0.4, -0.2) is 63.6 Å². The molecule has 9 heteroatoms. The predicted molar refractivity (Wildman–Crippen MR) is 94.2 cm³/mol. The fourth-order valence-corrected chi connectivity index (χ4v) is 3.77. The molecule has 0 saturated carbocycles. The molecule has 1 aromatic rings. The molecular formula is C17H24N2O6S. The lowest BCUT2D eigenvalue weighted by Crippen LogP contribution is -2.49. The number of carbonyl (C=O) groups excluding carboxylic acids is 2. The van der Waals surface area contributed by atoms with Crippen LogP contribution >= 0.6 is 0 Å². The van der Waals surface area contributed by atoms with E-state index in [4.69, 9.17) is 9.47 Å². The van der Waals surface area contributed by atoms with Gasteiger partial charge in [0.05, 0.1) is 22.7 Å². The van der Waals surface area contributed by atoms with E-state index in [2.05, 4.69) is 4.72 Å². The summed E-state index contributed by atoms with van der Waals surface area (Å²) in [6, 6.07) is 5.36. The van der Waals surface area contributed by atoms with Gasteiger partial charge < -0.3 is 14.4 Å². The first-order valence-electron chi connectivity index (χ1n) is 8.43. The van der Waals surface area contributed by atoms with Gasteiger partial charge in [0, 0.05) is 19.6 Å². The van der Waals surface area contributed by atoms with Gasteiger partial charge in [-0.15, -0.1) is 0 Å². The Bertz CT molecular complexity index is 737. The monoisotopic (exact) mass is 384 g/mol. The molecule has 144 valence electrons. The van der Waals surface area contributed by atoms with Crippen molar-refractivity contribution in [3.8, 4) is 0 Å². The third-order valence-electron chi connectivity index (χ3n) is 3.83. The highest BCUT2D eigenvalue weighted by atomic mass is 32.2. The first kappa shape index (κ1) is 20.3. The highest BCUT2D eigenvalue weighted by molar-refractivity contribution is 7.89. The molecule has 1 amide bonds. The third-order valence-corrected chi connectivity index (χ3v) is 5.40. The Morgan fingerprint density at radius 2 is 1.77 bits per heavy atom. The maximum atomic E-state index is 12.2. The lowest BCUT2D eigenvalue weighted by molar-refractivity contribution is -0.146. The molecule has 0 spiro atoms. The molecule has 0 aliphatic carbocycles. The Hall–Kier alpha value is -1.97. The average molecular weight is 384 g/mol. The van der Waals surface area contributed by atoms with Crippen LogP contribution in [0.25, 0.3) is 0 Å². The van der Waals surface area contributed by atoms with Crippen molar-refractivity contribution >= 4 is 21.9 Å². The maximum Gasteiger partial charge on any atom is 0.338 e. The molecule has 1 saturated heterocycles. The van der Waals surface area contributed by atoms with Gasteiger partial charge >= 0.3 is 5.97 Å². The molecule has 0 bridgehead atoms. The van der Waals surface area contributed by atoms with E-state index in [1.54, 1.807) is 11.8 Å². The van der Waals surface area contributed by atoms with Gasteiger partial charge in [-0.3, -0.25) is 4.79 Å². The minimum absolute atomic E-state index is 0.0586. The van der Waals surface area contributed by atoms with Crippen LogP contribution in [0.4, 0.5) is 0 Å². The average Bonchev–Trinajstić information content (AvgIpc) is 2.58. The second kappa shape index (κ2) is 8.61. The van der Waals surface area contributed by atoms with Crippen molar-refractivity contribution < 1.29 is 27.5 Å². The fourth-order valence-electron chi connectivity index (χ4n) is 2.73. The van der Waals surface area contributed by atoms with Crippen LogP contribution in [0.15, 0.2) is 29.2 Å². The number of rotatable bonds is 6. The number of hydrogen-bond donors (Lipinski definition) is 1. The van der Waals surface area contributed by atoms with Crippen LogP contribution in [0.5, 0.6) is 0 Å². The number of morpholine rings is 1. The molecule has 1 aliphatic heterocycles. The Kier molecular flexibility index (Phi) is 6.74. The SMILES string of the molecule is CCNS(=O)(=O)c1ccc(C(=O)OCC(=O)N2C[C@H](C)O[C@@H](C)C2)cc1. The molecule has 0 radical (unpaired) electrons. The lowest BCUT2D eigenvalue weighted by atomic mass is 10.2. The van der Waals surface area contributed by atoms with Crippen LogP contribution in [0.3, 0.4) is 0 Å². The van der Waals surface area contributed by atoms with Crippen molar-refractivity contribution in [3.05, 3.63) is 29.8 Å². The number of esters is 1. The summed E-state index contributed by atoms with van der Waals surface area (Å²) < 4.78 is 36.7. The van der Waals surface area contributed by atoms with Crippen LogP contribution in [-0.2, 0) is 24.3 Å². The smallest absolute Gasteiger partial charge is 0.338 e. The molecular weight excluding hydrogens is 360 g/mol. The number of amides is 1. The minimum atomic E-state index is -3.58. The summed E-state index contributed by atoms with van der Waals surface area (Å²) in [6.07, 6.45) is -0.130. The second-order valence-corrected chi connectivity index (χ2v) is 7.92. The zero-order chi connectivity index (χ0) is 19.3. The normalized spacial score (nSPS) is 20.7. The molecule has 1 fully saturated rings. The van der Waals surface area contributed by atoms with Gasteiger partial charge in [0.15, 0.2) is 6.61 Å². The van der Waals surface area contributed by atoms with E-state index < -0.39 is 16.0 Å². The van der Waals surface area contributed by atoms with Gasteiger partial charge in [-0.2, -0.15) is 0 Å². The zero-order valence-corrected chi connectivity index (χ0v) is 15.9. The maximum absolute atomic E-state index is 12.2. The van der Waals surface area contributed by atoms with Crippen molar-refractivity contribution in [2.75, 3.05) is 26.2 Å². The predicted octanol–water partition coefficient (Wildman–Crippen LogP) is 0.777. The van der Waals surface area contributed by atoms with E-state index in [9.17, 15) is 18.0 Å². The molecule has 1 N–H and O–H groups in total. The van der Waals surface area contributed by atoms with Crippen molar-refractivity contribution in [2.45, 2.75) is 37.9 Å². The zero-order valence-electron chi connectivity index (χ0n) is 15.1. The van der Waals surface area contributed by atoms with Gasteiger partial charge in [-0.25, -0.2) is 17.9 Å². The van der Waals surface area contributed by atoms with Crippen LogP contribution < -0.4 is 4.72 Å². The number of benzene rings is 1. The van der Waals surface area contributed by atoms with Gasteiger partial charge in [0.2, 0.25) is 10.0 Å². The van der Waals surface area contributed by atoms with Gasteiger partial charge in [0.1, 0.15) is 0 Å². The third kappa shape index (κ3) is 5.26. The van der Waals surface area contributed by atoms with Gasteiger partial charge in [-0.1, -0.05) is 6.92 Å². The Labute approximate surface area is 153 Å². The minimum Gasteiger partial charge on any atom is -0.452 e. The molecule has 26 heavy (non-hydrogen) atoms. The van der Waals surface area contributed by atoms with E-state index in [0.717, 1.165) is 0 Å². The number of ether oxygens (including phenoxy) is 2. The van der Waals surface area contributed by atoms with Gasteiger partial charge in [0.25, 0.3) is 5.91 Å². The molecule has 1 aromatic carbocycles.